The Bertz CT molecular complexity index is 428. The fourth-order valence-corrected chi connectivity index (χ4v) is 2.37. The number of amides is 1. The average Bonchev–Trinajstić information content (AvgIpc) is 2.90. The Kier molecular flexibility index (Phi) is 5.16. The third kappa shape index (κ3) is 4.87. The second kappa shape index (κ2) is 7.10. The van der Waals surface area contributed by atoms with Gasteiger partial charge in [0.15, 0.2) is 0 Å². The van der Waals surface area contributed by atoms with E-state index in [1.165, 1.54) is 0 Å². The molecular weight excluding hydrogens is 238 g/mol. The van der Waals surface area contributed by atoms with E-state index in [4.69, 9.17) is 0 Å². The SMILES string of the molecule is O=C(CC1C=CCC1)NCC(O)Cc1ccccc1. The van der Waals surface area contributed by atoms with Gasteiger partial charge in [-0.2, -0.15) is 0 Å². The lowest BCUT2D eigenvalue weighted by molar-refractivity contribution is -0.122. The van der Waals surface area contributed by atoms with Gasteiger partial charge in [0, 0.05) is 19.4 Å². The molecule has 19 heavy (non-hydrogen) atoms. The van der Waals surface area contributed by atoms with Crippen LogP contribution >= 0.6 is 0 Å². The highest BCUT2D eigenvalue weighted by molar-refractivity contribution is 5.76. The topological polar surface area (TPSA) is 49.3 Å². The summed E-state index contributed by atoms with van der Waals surface area (Å²) in [5.74, 6) is 0.412. The summed E-state index contributed by atoms with van der Waals surface area (Å²) in [6.07, 6.45) is 6.97. The van der Waals surface area contributed by atoms with E-state index in [-0.39, 0.29) is 5.91 Å². The smallest absolute Gasteiger partial charge is 0.220 e. The van der Waals surface area contributed by atoms with E-state index >= 15 is 0 Å². The van der Waals surface area contributed by atoms with E-state index in [1.807, 2.05) is 30.3 Å². The number of benzene rings is 1. The van der Waals surface area contributed by atoms with Crippen molar-refractivity contribution in [2.75, 3.05) is 6.54 Å². The zero-order valence-electron chi connectivity index (χ0n) is 11.1. The lowest BCUT2D eigenvalue weighted by atomic mass is 10.0. The van der Waals surface area contributed by atoms with Crippen LogP contribution in [0.3, 0.4) is 0 Å². The van der Waals surface area contributed by atoms with E-state index < -0.39 is 6.10 Å². The highest BCUT2D eigenvalue weighted by Gasteiger charge is 2.14. The Morgan fingerprint density at radius 1 is 1.37 bits per heavy atom. The Hall–Kier alpha value is -1.61. The largest absolute Gasteiger partial charge is 0.391 e. The second-order valence-corrected chi connectivity index (χ2v) is 5.12. The zero-order chi connectivity index (χ0) is 13.5. The summed E-state index contributed by atoms with van der Waals surface area (Å²) in [5.41, 5.74) is 1.09. The molecule has 0 heterocycles. The normalized spacial score (nSPS) is 19.3. The standard InChI is InChI=1S/C16H21NO2/c18-15(10-13-6-2-1-3-7-13)12-17-16(19)11-14-8-4-5-9-14/h1-4,6-8,14-15,18H,5,9-12H2,(H,17,19). The third-order valence-corrected chi connectivity index (χ3v) is 3.41. The minimum absolute atomic E-state index is 0.0312. The number of allylic oxidation sites excluding steroid dienone is 2. The Morgan fingerprint density at radius 3 is 2.84 bits per heavy atom. The molecule has 0 saturated carbocycles. The van der Waals surface area contributed by atoms with E-state index in [0.29, 0.717) is 25.3 Å². The van der Waals surface area contributed by atoms with E-state index in [1.54, 1.807) is 0 Å². The van der Waals surface area contributed by atoms with Crippen molar-refractivity contribution in [1.82, 2.24) is 5.32 Å². The van der Waals surface area contributed by atoms with Crippen LogP contribution < -0.4 is 5.32 Å². The van der Waals surface area contributed by atoms with Crippen molar-refractivity contribution in [2.45, 2.75) is 31.8 Å². The molecule has 0 aliphatic heterocycles. The number of hydrogen-bond acceptors (Lipinski definition) is 2. The number of carbonyl (C=O) groups is 1. The molecule has 3 nitrogen and oxygen atoms in total. The molecule has 0 aromatic heterocycles. The van der Waals surface area contributed by atoms with Crippen LogP contribution in [0.5, 0.6) is 0 Å². The molecular formula is C16H21NO2. The summed E-state index contributed by atoms with van der Waals surface area (Å²) in [4.78, 5) is 11.7. The average molecular weight is 259 g/mol. The molecule has 2 unspecified atom stereocenters. The van der Waals surface area contributed by atoms with Gasteiger partial charge < -0.3 is 10.4 Å². The lowest BCUT2D eigenvalue weighted by Gasteiger charge is -2.13. The van der Waals surface area contributed by atoms with Gasteiger partial charge in [0.25, 0.3) is 0 Å². The number of carbonyl (C=O) groups excluding carboxylic acids is 1. The van der Waals surface area contributed by atoms with Crippen LogP contribution in [0, 0.1) is 5.92 Å². The van der Waals surface area contributed by atoms with E-state index in [2.05, 4.69) is 17.5 Å². The molecule has 2 atom stereocenters. The van der Waals surface area contributed by atoms with E-state index in [9.17, 15) is 9.90 Å². The van der Waals surface area contributed by atoms with Gasteiger partial charge in [-0.3, -0.25) is 4.79 Å². The Balaban J connectivity index is 1.66. The molecule has 102 valence electrons. The molecule has 0 saturated heterocycles. The first-order valence-electron chi connectivity index (χ1n) is 6.89. The predicted molar refractivity (Wildman–Crippen MR) is 75.6 cm³/mol. The molecule has 0 bridgehead atoms. The minimum Gasteiger partial charge on any atom is -0.391 e. The van der Waals surface area contributed by atoms with Crippen LogP contribution in [0.1, 0.15) is 24.8 Å². The van der Waals surface area contributed by atoms with Gasteiger partial charge in [0.05, 0.1) is 6.10 Å². The van der Waals surface area contributed by atoms with Crippen molar-refractivity contribution in [3.63, 3.8) is 0 Å². The summed E-state index contributed by atoms with van der Waals surface area (Å²) < 4.78 is 0. The number of hydrogen-bond donors (Lipinski definition) is 2. The predicted octanol–water partition coefficient (Wildman–Crippen LogP) is 2.06. The van der Waals surface area contributed by atoms with Gasteiger partial charge >= 0.3 is 0 Å². The summed E-state index contributed by atoms with van der Waals surface area (Å²) in [6.45, 7) is 0.324. The van der Waals surface area contributed by atoms with Crippen molar-refractivity contribution < 1.29 is 9.90 Å². The maximum Gasteiger partial charge on any atom is 0.220 e. The van der Waals surface area contributed by atoms with Crippen LogP contribution in [-0.2, 0) is 11.2 Å². The highest BCUT2D eigenvalue weighted by Crippen LogP contribution is 2.19. The Morgan fingerprint density at radius 2 is 2.16 bits per heavy atom. The second-order valence-electron chi connectivity index (χ2n) is 5.12. The lowest BCUT2D eigenvalue weighted by Crippen LogP contribution is -2.33. The molecule has 1 aliphatic rings. The van der Waals surface area contributed by atoms with Crippen molar-refractivity contribution in [3.8, 4) is 0 Å². The summed E-state index contributed by atoms with van der Waals surface area (Å²) >= 11 is 0. The quantitative estimate of drug-likeness (QED) is 0.768. The van der Waals surface area contributed by atoms with Crippen LogP contribution in [0.2, 0.25) is 0 Å². The van der Waals surface area contributed by atoms with Gasteiger partial charge in [-0.15, -0.1) is 0 Å². The van der Waals surface area contributed by atoms with Crippen LogP contribution in [0.15, 0.2) is 42.5 Å². The van der Waals surface area contributed by atoms with Crippen LogP contribution in [-0.4, -0.2) is 23.7 Å². The van der Waals surface area contributed by atoms with Crippen molar-refractivity contribution in [3.05, 3.63) is 48.0 Å². The van der Waals surface area contributed by atoms with E-state index in [0.717, 1.165) is 18.4 Å². The molecule has 0 radical (unpaired) electrons. The van der Waals surface area contributed by atoms with Gasteiger partial charge in [0.2, 0.25) is 5.91 Å². The van der Waals surface area contributed by atoms with Crippen molar-refractivity contribution >= 4 is 5.91 Å². The molecule has 0 spiro atoms. The summed E-state index contributed by atoms with van der Waals surface area (Å²) in [6, 6.07) is 9.82. The first-order chi connectivity index (χ1) is 9.24. The fourth-order valence-electron chi connectivity index (χ4n) is 2.37. The zero-order valence-corrected chi connectivity index (χ0v) is 11.1. The van der Waals surface area contributed by atoms with Crippen molar-refractivity contribution in [1.29, 1.82) is 0 Å². The highest BCUT2D eigenvalue weighted by atomic mass is 16.3. The molecule has 1 aromatic rings. The number of nitrogens with one attached hydrogen (secondary N) is 1. The summed E-state index contributed by atoms with van der Waals surface area (Å²) in [5, 5.41) is 12.7. The molecule has 3 heteroatoms. The maximum atomic E-state index is 11.7. The Labute approximate surface area is 114 Å². The number of aliphatic hydroxyl groups excluding tert-OH is 1. The van der Waals surface area contributed by atoms with Crippen molar-refractivity contribution in [2.24, 2.45) is 5.92 Å². The maximum absolute atomic E-state index is 11.7. The monoisotopic (exact) mass is 259 g/mol. The molecule has 0 fully saturated rings. The third-order valence-electron chi connectivity index (χ3n) is 3.41. The van der Waals surface area contributed by atoms with Gasteiger partial charge in [-0.25, -0.2) is 0 Å². The first kappa shape index (κ1) is 13.8. The number of aliphatic hydroxyl groups is 1. The molecule has 1 aliphatic carbocycles. The minimum atomic E-state index is -0.523. The van der Waals surface area contributed by atoms with Crippen LogP contribution in [0.25, 0.3) is 0 Å². The van der Waals surface area contributed by atoms with Gasteiger partial charge in [-0.05, 0) is 24.3 Å². The van der Waals surface area contributed by atoms with Gasteiger partial charge in [0.1, 0.15) is 0 Å². The number of rotatable bonds is 6. The molecule has 2 N–H and O–H groups in total. The molecule has 1 amide bonds. The molecule has 2 rings (SSSR count). The van der Waals surface area contributed by atoms with Crippen LogP contribution in [0.4, 0.5) is 0 Å². The summed E-state index contributed by atoms with van der Waals surface area (Å²) in [7, 11) is 0. The first-order valence-corrected chi connectivity index (χ1v) is 6.89. The fraction of sp³-hybridized carbons (Fsp3) is 0.438. The molecule has 1 aromatic carbocycles. The van der Waals surface area contributed by atoms with Gasteiger partial charge in [-0.1, -0.05) is 42.5 Å².